The van der Waals surface area contributed by atoms with Crippen LogP contribution in [0.2, 0.25) is 0 Å². The monoisotopic (exact) mass is 275 g/mol. The summed E-state index contributed by atoms with van der Waals surface area (Å²) in [6.07, 6.45) is 0.845. The average molecular weight is 275 g/mol. The Labute approximate surface area is 117 Å². The largest absolute Gasteiger partial charge is 0.484 e. The lowest BCUT2D eigenvalue weighted by Crippen LogP contribution is -2.29. The summed E-state index contributed by atoms with van der Waals surface area (Å²) in [4.78, 5) is 11.4. The Morgan fingerprint density at radius 3 is 2.75 bits per heavy atom. The molecule has 0 aliphatic carbocycles. The first-order valence-electron chi connectivity index (χ1n) is 6.18. The van der Waals surface area contributed by atoms with Crippen LogP contribution in [-0.4, -0.2) is 30.0 Å². The zero-order valence-corrected chi connectivity index (χ0v) is 11.3. The molecule has 2 N–H and O–H groups in total. The molecule has 0 bridgehead atoms. The highest BCUT2D eigenvalue weighted by molar-refractivity contribution is 5.83. The van der Waals surface area contributed by atoms with E-state index >= 15 is 0 Å². The van der Waals surface area contributed by atoms with Crippen LogP contribution in [0.1, 0.15) is 18.9 Å². The summed E-state index contributed by atoms with van der Waals surface area (Å²) in [6, 6.07) is 9.14. The Morgan fingerprint density at radius 1 is 1.45 bits per heavy atom. The summed E-state index contributed by atoms with van der Waals surface area (Å²) >= 11 is 0. The number of oxime groups is 1. The van der Waals surface area contributed by atoms with Crippen LogP contribution in [0.25, 0.3) is 0 Å². The van der Waals surface area contributed by atoms with Crippen molar-refractivity contribution in [2.75, 3.05) is 13.2 Å². The summed E-state index contributed by atoms with van der Waals surface area (Å²) in [6.45, 7) is 1.98. The van der Waals surface area contributed by atoms with Gasteiger partial charge in [-0.15, -0.1) is 0 Å². The molecule has 0 aliphatic heterocycles. The maximum atomic E-state index is 11.4. The molecule has 1 amide bonds. The Balaban J connectivity index is 2.38. The normalized spacial score (nSPS) is 10.7. The molecule has 0 aliphatic rings. The lowest BCUT2D eigenvalue weighted by Gasteiger charge is -2.07. The van der Waals surface area contributed by atoms with Crippen LogP contribution in [0.3, 0.4) is 0 Å². The molecule has 1 aromatic rings. The number of ether oxygens (including phenoxy) is 1. The van der Waals surface area contributed by atoms with Crippen molar-refractivity contribution in [2.24, 2.45) is 5.16 Å². The summed E-state index contributed by atoms with van der Waals surface area (Å²) in [5.74, 6) is 0.329. The van der Waals surface area contributed by atoms with Crippen LogP contribution >= 0.6 is 0 Å². The molecule has 0 saturated carbocycles. The Morgan fingerprint density at radius 2 is 2.15 bits per heavy atom. The second-order valence-corrected chi connectivity index (χ2v) is 4.20. The van der Waals surface area contributed by atoms with Gasteiger partial charge in [-0.1, -0.05) is 17.3 Å². The second kappa shape index (κ2) is 8.53. The van der Waals surface area contributed by atoms with Gasteiger partial charge in [-0.25, -0.2) is 0 Å². The van der Waals surface area contributed by atoms with Crippen molar-refractivity contribution >= 4 is 11.6 Å². The van der Waals surface area contributed by atoms with E-state index in [4.69, 9.17) is 15.2 Å². The van der Waals surface area contributed by atoms with E-state index in [1.807, 2.05) is 18.2 Å². The SMILES string of the molecule is C/C(Cc1ccc(OCC(=O)NCCC#N)cc1)=N/O. The number of benzene rings is 1. The summed E-state index contributed by atoms with van der Waals surface area (Å²) in [7, 11) is 0. The molecule has 0 spiro atoms. The molecular formula is C14H17N3O3. The predicted octanol–water partition coefficient (Wildman–Crippen LogP) is 1.49. The number of rotatable bonds is 7. The third-order valence-electron chi connectivity index (χ3n) is 2.48. The van der Waals surface area contributed by atoms with E-state index in [-0.39, 0.29) is 18.9 Å². The van der Waals surface area contributed by atoms with E-state index < -0.39 is 0 Å². The van der Waals surface area contributed by atoms with E-state index in [9.17, 15) is 4.79 Å². The van der Waals surface area contributed by atoms with Crippen molar-refractivity contribution in [3.8, 4) is 11.8 Å². The maximum absolute atomic E-state index is 11.4. The predicted molar refractivity (Wildman–Crippen MR) is 73.8 cm³/mol. The van der Waals surface area contributed by atoms with E-state index in [2.05, 4.69) is 10.5 Å². The quantitative estimate of drug-likeness (QED) is 0.341. The van der Waals surface area contributed by atoms with Crippen LogP contribution in [-0.2, 0) is 11.2 Å². The standard InChI is InChI=1S/C14H17N3O3/c1-11(17-19)9-12-3-5-13(6-4-12)20-10-14(18)16-8-2-7-15/h3-6,19H,2,8-10H2,1H3,(H,16,18)/b17-11-. The molecule has 20 heavy (non-hydrogen) atoms. The number of nitrogens with zero attached hydrogens (tertiary/aromatic N) is 2. The van der Waals surface area contributed by atoms with Gasteiger partial charge in [0.1, 0.15) is 5.75 Å². The highest BCUT2D eigenvalue weighted by Gasteiger charge is 2.02. The van der Waals surface area contributed by atoms with Crippen molar-refractivity contribution in [3.63, 3.8) is 0 Å². The van der Waals surface area contributed by atoms with Gasteiger partial charge in [0.05, 0.1) is 18.2 Å². The van der Waals surface area contributed by atoms with Crippen molar-refractivity contribution in [1.29, 1.82) is 5.26 Å². The molecule has 0 saturated heterocycles. The van der Waals surface area contributed by atoms with Crippen molar-refractivity contribution < 1.29 is 14.7 Å². The molecule has 0 aromatic heterocycles. The fourth-order valence-corrected chi connectivity index (χ4v) is 1.49. The van der Waals surface area contributed by atoms with E-state index in [1.54, 1.807) is 19.1 Å². The number of nitrogens with one attached hydrogen (secondary N) is 1. The lowest BCUT2D eigenvalue weighted by atomic mass is 10.1. The topological polar surface area (TPSA) is 94.7 Å². The Bertz CT molecular complexity index is 503. The summed E-state index contributed by atoms with van der Waals surface area (Å²) in [5, 5.41) is 22.6. The molecule has 0 fully saturated rings. The van der Waals surface area contributed by atoms with Gasteiger partial charge in [-0.3, -0.25) is 4.79 Å². The minimum atomic E-state index is -0.257. The Kier molecular flexibility index (Phi) is 6.62. The van der Waals surface area contributed by atoms with Gasteiger partial charge in [-0.2, -0.15) is 5.26 Å². The molecule has 1 aromatic carbocycles. The molecule has 6 nitrogen and oxygen atoms in total. The van der Waals surface area contributed by atoms with Gasteiger partial charge in [0.25, 0.3) is 5.91 Å². The molecule has 0 unspecified atom stereocenters. The van der Waals surface area contributed by atoms with Gasteiger partial charge in [0.2, 0.25) is 0 Å². The number of amides is 1. The summed E-state index contributed by atoms with van der Waals surface area (Å²) < 4.78 is 5.31. The first kappa shape index (κ1) is 15.5. The number of nitriles is 1. The van der Waals surface area contributed by atoms with Crippen LogP contribution in [0.4, 0.5) is 0 Å². The minimum Gasteiger partial charge on any atom is -0.484 e. The van der Waals surface area contributed by atoms with Crippen LogP contribution < -0.4 is 10.1 Å². The minimum absolute atomic E-state index is 0.0814. The highest BCUT2D eigenvalue weighted by atomic mass is 16.5. The number of carbonyl (C=O) groups excluding carboxylic acids is 1. The van der Waals surface area contributed by atoms with Crippen molar-refractivity contribution in [2.45, 2.75) is 19.8 Å². The number of hydrogen-bond donors (Lipinski definition) is 2. The maximum Gasteiger partial charge on any atom is 0.257 e. The highest BCUT2D eigenvalue weighted by Crippen LogP contribution is 2.12. The smallest absolute Gasteiger partial charge is 0.257 e. The molecule has 0 atom stereocenters. The van der Waals surface area contributed by atoms with Gasteiger partial charge >= 0.3 is 0 Å². The molecule has 1 rings (SSSR count). The first-order chi connectivity index (χ1) is 9.65. The van der Waals surface area contributed by atoms with Crippen LogP contribution in [0, 0.1) is 11.3 Å². The fraction of sp³-hybridized carbons (Fsp3) is 0.357. The first-order valence-corrected chi connectivity index (χ1v) is 6.18. The zero-order valence-electron chi connectivity index (χ0n) is 11.3. The van der Waals surface area contributed by atoms with Gasteiger partial charge in [0, 0.05) is 13.0 Å². The molecule has 0 radical (unpaired) electrons. The molecule has 6 heteroatoms. The molecular weight excluding hydrogens is 258 g/mol. The van der Waals surface area contributed by atoms with E-state index in [0.29, 0.717) is 24.4 Å². The lowest BCUT2D eigenvalue weighted by molar-refractivity contribution is -0.123. The average Bonchev–Trinajstić information content (AvgIpc) is 2.46. The van der Waals surface area contributed by atoms with Crippen LogP contribution in [0.5, 0.6) is 5.75 Å². The number of carbonyl (C=O) groups is 1. The van der Waals surface area contributed by atoms with E-state index in [0.717, 1.165) is 5.56 Å². The fourth-order valence-electron chi connectivity index (χ4n) is 1.49. The third-order valence-corrected chi connectivity index (χ3v) is 2.48. The van der Waals surface area contributed by atoms with Gasteiger partial charge in [-0.05, 0) is 24.6 Å². The molecule has 0 heterocycles. The van der Waals surface area contributed by atoms with Crippen molar-refractivity contribution in [3.05, 3.63) is 29.8 Å². The third kappa shape index (κ3) is 5.87. The van der Waals surface area contributed by atoms with Gasteiger partial charge < -0.3 is 15.3 Å². The van der Waals surface area contributed by atoms with Crippen molar-refractivity contribution in [1.82, 2.24) is 5.32 Å². The molecule has 106 valence electrons. The number of hydrogen-bond acceptors (Lipinski definition) is 5. The van der Waals surface area contributed by atoms with Gasteiger partial charge in [0.15, 0.2) is 6.61 Å². The second-order valence-electron chi connectivity index (χ2n) is 4.20. The Hall–Kier alpha value is -2.55. The summed E-state index contributed by atoms with van der Waals surface area (Å²) in [5.41, 5.74) is 1.61. The van der Waals surface area contributed by atoms with Crippen LogP contribution in [0.15, 0.2) is 29.4 Å². The zero-order chi connectivity index (χ0) is 14.8. The van der Waals surface area contributed by atoms with E-state index in [1.165, 1.54) is 0 Å².